The molecule has 2 rings (SSSR count). The molecule has 0 aliphatic heterocycles. The lowest BCUT2D eigenvalue weighted by molar-refractivity contribution is 0.0944. The van der Waals surface area contributed by atoms with Crippen molar-refractivity contribution >= 4 is 35.1 Å². The third kappa shape index (κ3) is 2.90. The topological polar surface area (TPSA) is 68.0 Å². The fourth-order valence-electron chi connectivity index (χ4n) is 2.02. The molecule has 1 aliphatic carbocycles. The van der Waals surface area contributed by atoms with Gasteiger partial charge in [-0.05, 0) is 31.2 Å². The number of nitrogens with one attached hydrogen (secondary N) is 1. The number of hydrogen-bond donors (Lipinski definition) is 2. The molecule has 4 nitrogen and oxygen atoms in total. The van der Waals surface area contributed by atoms with Gasteiger partial charge < -0.3 is 11.1 Å². The van der Waals surface area contributed by atoms with Gasteiger partial charge in [0.2, 0.25) is 0 Å². The summed E-state index contributed by atoms with van der Waals surface area (Å²) >= 11 is 7.60. The molecular formula is C12H16ClN3OS. The van der Waals surface area contributed by atoms with Crippen molar-refractivity contribution in [3.63, 3.8) is 0 Å². The molecule has 1 aromatic heterocycles. The van der Waals surface area contributed by atoms with Crippen LogP contribution in [0.15, 0.2) is 12.1 Å². The Bertz CT molecular complexity index is 437. The van der Waals surface area contributed by atoms with Gasteiger partial charge in [0.15, 0.2) is 0 Å². The number of thioether (sulfide) groups is 1. The quantitative estimate of drug-likeness (QED) is 0.833. The molecular weight excluding hydrogens is 270 g/mol. The predicted molar refractivity (Wildman–Crippen MR) is 76.1 cm³/mol. The zero-order valence-corrected chi connectivity index (χ0v) is 11.8. The molecule has 0 saturated heterocycles. The molecule has 0 atom stereocenters. The number of carbonyl (C=O) groups excluding carboxylic acids is 1. The Morgan fingerprint density at radius 2 is 2.33 bits per heavy atom. The molecule has 6 heteroatoms. The summed E-state index contributed by atoms with van der Waals surface area (Å²) < 4.78 is 0.220. The molecule has 98 valence electrons. The van der Waals surface area contributed by atoms with Gasteiger partial charge in [0.05, 0.1) is 0 Å². The molecule has 1 aromatic rings. The Balaban J connectivity index is 1.99. The highest BCUT2D eigenvalue weighted by molar-refractivity contribution is 8.00. The summed E-state index contributed by atoms with van der Waals surface area (Å²) in [5, 5.41) is 3.18. The minimum atomic E-state index is -0.147. The highest BCUT2D eigenvalue weighted by atomic mass is 35.5. The van der Waals surface area contributed by atoms with E-state index >= 15 is 0 Å². The van der Waals surface area contributed by atoms with Crippen LogP contribution in [0.5, 0.6) is 0 Å². The second kappa shape index (κ2) is 5.36. The lowest BCUT2D eigenvalue weighted by atomic mass is 9.84. The summed E-state index contributed by atoms with van der Waals surface area (Å²) in [6.07, 6.45) is 5.65. The summed E-state index contributed by atoms with van der Waals surface area (Å²) in [6, 6.07) is 3.06. The van der Waals surface area contributed by atoms with E-state index in [1.165, 1.54) is 18.6 Å². The first-order chi connectivity index (χ1) is 8.54. The molecule has 0 radical (unpaired) electrons. The Morgan fingerprint density at radius 3 is 2.83 bits per heavy atom. The van der Waals surface area contributed by atoms with E-state index in [4.69, 9.17) is 17.3 Å². The number of hydrogen-bond acceptors (Lipinski definition) is 4. The van der Waals surface area contributed by atoms with E-state index in [-0.39, 0.29) is 21.6 Å². The zero-order valence-electron chi connectivity index (χ0n) is 10.2. The number of rotatable bonds is 4. The smallest absolute Gasteiger partial charge is 0.251 e. The fourth-order valence-corrected chi connectivity index (χ4v) is 3.14. The average Bonchev–Trinajstić information content (AvgIpc) is 2.26. The maximum absolute atomic E-state index is 12.0. The molecule has 1 fully saturated rings. The van der Waals surface area contributed by atoms with Crippen LogP contribution in [0.4, 0.5) is 5.82 Å². The van der Waals surface area contributed by atoms with Crippen molar-refractivity contribution in [3.8, 4) is 0 Å². The van der Waals surface area contributed by atoms with Crippen molar-refractivity contribution in [2.75, 3.05) is 18.5 Å². The molecule has 1 heterocycles. The maximum Gasteiger partial charge on any atom is 0.251 e. The fraction of sp³-hybridized carbons (Fsp3) is 0.500. The van der Waals surface area contributed by atoms with Gasteiger partial charge in [-0.2, -0.15) is 11.8 Å². The van der Waals surface area contributed by atoms with Crippen LogP contribution in [0, 0.1) is 0 Å². The molecule has 1 saturated carbocycles. The molecule has 1 amide bonds. The van der Waals surface area contributed by atoms with Crippen molar-refractivity contribution in [3.05, 3.63) is 22.8 Å². The first kappa shape index (κ1) is 13.5. The summed E-state index contributed by atoms with van der Waals surface area (Å²) in [4.78, 5) is 15.8. The van der Waals surface area contributed by atoms with Gasteiger partial charge in [0, 0.05) is 16.9 Å². The van der Waals surface area contributed by atoms with E-state index in [1.54, 1.807) is 0 Å². The zero-order chi connectivity index (χ0) is 13.2. The minimum Gasteiger partial charge on any atom is -0.384 e. The van der Waals surface area contributed by atoms with Crippen LogP contribution in [-0.4, -0.2) is 28.4 Å². The summed E-state index contributed by atoms with van der Waals surface area (Å²) in [6.45, 7) is 0.687. The SMILES string of the molecule is CSC1(CNC(=O)c2cc(N)nc(Cl)c2)CCC1. The first-order valence-corrected chi connectivity index (χ1v) is 7.41. The van der Waals surface area contributed by atoms with Crippen LogP contribution < -0.4 is 11.1 Å². The van der Waals surface area contributed by atoms with E-state index in [0.29, 0.717) is 12.1 Å². The maximum atomic E-state index is 12.0. The lowest BCUT2D eigenvalue weighted by Gasteiger charge is -2.40. The van der Waals surface area contributed by atoms with Crippen LogP contribution >= 0.6 is 23.4 Å². The van der Waals surface area contributed by atoms with Crippen molar-refractivity contribution < 1.29 is 4.79 Å². The molecule has 0 bridgehead atoms. The van der Waals surface area contributed by atoms with E-state index in [0.717, 1.165) is 12.8 Å². The Morgan fingerprint density at radius 1 is 1.61 bits per heavy atom. The number of nitrogen functional groups attached to an aromatic ring is 1. The third-order valence-electron chi connectivity index (χ3n) is 3.34. The number of nitrogens with two attached hydrogens (primary N) is 1. The highest BCUT2D eigenvalue weighted by Crippen LogP contribution is 2.42. The Kier molecular flexibility index (Phi) is 4.02. The third-order valence-corrected chi connectivity index (χ3v) is 4.96. The summed E-state index contributed by atoms with van der Waals surface area (Å²) in [7, 11) is 0. The number of halogens is 1. The summed E-state index contributed by atoms with van der Waals surface area (Å²) in [5.74, 6) is 0.113. The summed E-state index contributed by atoms with van der Waals surface area (Å²) in [5.41, 5.74) is 6.02. The van der Waals surface area contributed by atoms with E-state index in [9.17, 15) is 4.79 Å². The standard InChI is InChI=1S/C12H16ClN3OS/c1-18-12(3-2-4-12)7-15-11(17)8-5-9(13)16-10(14)6-8/h5-6H,2-4,7H2,1H3,(H2,14,16)(H,15,17). The lowest BCUT2D eigenvalue weighted by Crippen LogP contribution is -2.45. The van der Waals surface area contributed by atoms with Crippen LogP contribution in [0.1, 0.15) is 29.6 Å². The Hall–Kier alpha value is -0.940. The molecule has 0 aromatic carbocycles. The van der Waals surface area contributed by atoms with Crippen molar-refractivity contribution in [1.82, 2.24) is 10.3 Å². The van der Waals surface area contributed by atoms with Gasteiger partial charge in [0.1, 0.15) is 11.0 Å². The number of pyridine rings is 1. The second-order valence-corrected chi connectivity index (χ2v) is 6.19. The number of amides is 1. The van der Waals surface area contributed by atoms with Crippen molar-refractivity contribution in [2.24, 2.45) is 0 Å². The van der Waals surface area contributed by atoms with Gasteiger partial charge in [-0.25, -0.2) is 4.98 Å². The van der Waals surface area contributed by atoms with Gasteiger partial charge in [-0.1, -0.05) is 18.0 Å². The highest BCUT2D eigenvalue weighted by Gasteiger charge is 2.36. The monoisotopic (exact) mass is 285 g/mol. The molecule has 3 N–H and O–H groups in total. The number of anilines is 1. The van der Waals surface area contributed by atoms with Gasteiger partial charge in [-0.15, -0.1) is 0 Å². The largest absolute Gasteiger partial charge is 0.384 e. The number of nitrogens with zero attached hydrogens (tertiary/aromatic N) is 1. The van der Waals surface area contributed by atoms with Crippen LogP contribution in [0.3, 0.4) is 0 Å². The van der Waals surface area contributed by atoms with E-state index < -0.39 is 0 Å². The van der Waals surface area contributed by atoms with E-state index in [1.807, 2.05) is 11.8 Å². The second-order valence-electron chi connectivity index (χ2n) is 4.53. The number of carbonyl (C=O) groups is 1. The Labute approximate surface area is 116 Å². The van der Waals surface area contributed by atoms with E-state index in [2.05, 4.69) is 16.6 Å². The molecule has 18 heavy (non-hydrogen) atoms. The molecule has 0 spiro atoms. The van der Waals surface area contributed by atoms with Gasteiger partial charge in [-0.3, -0.25) is 4.79 Å². The predicted octanol–water partition coefficient (Wildman–Crippen LogP) is 2.33. The van der Waals surface area contributed by atoms with Crippen LogP contribution in [0.25, 0.3) is 0 Å². The average molecular weight is 286 g/mol. The molecule has 1 aliphatic rings. The number of aromatic nitrogens is 1. The van der Waals surface area contributed by atoms with Crippen molar-refractivity contribution in [2.45, 2.75) is 24.0 Å². The first-order valence-electron chi connectivity index (χ1n) is 5.81. The van der Waals surface area contributed by atoms with Gasteiger partial charge >= 0.3 is 0 Å². The minimum absolute atomic E-state index is 0.147. The van der Waals surface area contributed by atoms with Crippen LogP contribution in [-0.2, 0) is 0 Å². The van der Waals surface area contributed by atoms with Crippen molar-refractivity contribution in [1.29, 1.82) is 0 Å². The van der Waals surface area contributed by atoms with Gasteiger partial charge in [0.25, 0.3) is 5.91 Å². The van der Waals surface area contributed by atoms with Crippen LogP contribution in [0.2, 0.25) is 5.15 Å². The molecule has 0 unspecified atom stereocenters. The normalized spacial score (nSPS) is 17.0.